The summed E-state index contributed by atoms with van der Waals surface area (Å²) in [5, 5.41) is 2.05. The number of amides is 2. The standard InChI is InChI=1S/C30H29Cl2N3O3/c31-26-13-10-21(16-27(26)32)18-34(15-14-22-17-33-28-9-5-4-8-25(22)28)29(36)19-35(23-11-12-23)30(37)20-38-24-6-2-1-3-7-24/h1-10,13,16-17,23,33H,11-12,14-15,18-20H2. The summed E-state index contributed by atoms with van der Waals surface area (Å²) >= 11 is 12.4. The molecule has 1 N–H and O–H groups in total. The fourth-order valence-electron chi connectivity index (χ4n) is 4.54. The van der Waals surface area contributed by atoms with Gasteiger partial charge in [-0.1, -0.05) is 65.7 Å². The topological polar surface area (TPSA) is 65.6 Å². The van der Waals surface area contributed by atoms with Crippen molar-refractivity contribution < 1.29 is 14.3 Å². The first kappa shape index (κ1) is 26.1. The minimum Gasteiger partial charge on any atom is -0.484 e. The number of halogens is 2. The molecule has 0 aliphatic heterocycles. The number of para-hydroxylation sites is 2. The van der Waals surface area contributed by atoms with Crippen LogP contribution >= 0.6 is 23.2 Å². The normalized spacial score (nSPS) is 12.9. The third kappa shape index (κ3) is 6.50. The lowest BCUT2D eigenvalue weighted by Crippen LogP contribution is -2.45. The molecule has 196 valence electrons. The van der Waals surface area contributed by atoms with E-state index in [1.165, 1.54) is 0 Å². The van der Waals surface area contributed by atoms with Crippen molar-refractivity contribution in [2.75, 3.05) is 19.7 Å². The quantitative estimate of drug-likeness (QED) is 0.245. The minimum atomic E-state index is -0.184. The van der Waals surface area contributed by atoms with Gasteiger partial charge < -0.3 is 19.5 Å². The summed E-state index contributed by atoms with van der Waals surface area (Å²) in [6.45, 7) is 0.770. The summed E-state index contributed by atoms with van der Waals surface area (Å²) in [6.07, 6.45) is 4.46. The Hall–Kier alpha value is -3.48. The van der Waals surface area contributed by atoms with Gasteiger partial charge in [0.25, 0.3) is 5.91 Å². The molecule has 1 saturated carbocycles. The maximum Gasteiger partial charge on any atom is 0.261 e. The van der Waals surface area contributed by atoms with E-state index in [4.69, 9.17) is 27.9 Å². The summed E-state index contributed by atoms with van der Waals surface area (Å²) in [5.41, 5.74) is 3.08. The molecule has 4 aromatic rings. The number of nitrogens with one attached hydrogen (secondary N) is 1. The van der Waals surface area contributed by atoms with Crippen LogP contribution in [0.25, 0.3) is 10.9 Å². The lowest BCUT2D eigenvalue weighted by Gasteiger charge is -2.28. The van der Waals surface area contributed by atoms with Crippen LogP contribution in [0.3, 0.4) is 0 Å². The van der Waals surface area contributed by atoms with E-state index in [1.54, 1.807) is 21.9 Å². The number of fused-ring (bicyclic) bond motifs is 1. The van der Waals surface area contributed by atoms with Crippen molar-refractivity contribution in [3.05, 3.63) is 100 Å². The first-order valence-electron chi connectivity index (χ1n) is 12.7. The van der Waals surface area contributed by atoms with Gasteiger partial charge in [0.15, 0.2) is 6.61 Å². The largest absolute Gasteiger partial charge is 0.484 e. The van der Waals surface area contributed by atoms with Crippen LogP contribution in [-0.2, 0) is 22.6 Å². The fourth-order valence-corrected chi connectivity index (χ4v) is 4.86. The van der Waals surface area contributed by atoms with E-state index in [1.807, 2.05) is 60.8 Å². The molecule has 3 aromatic carbocycles. The van der Waals surface area contributed by atoms with Crippen LogP contribution in [0.4, 0.5) is 0 Å². The van der Waals surface area contributed by atoms with Gasteiger partial charge in [-0.05, 0) is 60.7 Å². The second kappa shape index (κ2) is 11.9. The van der Waals surface area contributed by atoms with Crippen molar-refractivity contribution in [3.8, 4) is 5.75 Å². The maximum absolute atomic E-state index is 13.7. The number of hydrogen-bond acceptors (Lipinski definition) is 3. The molecule has 1 heterocycles. The molecule has 0 bridgehead atoms. The van der Waals surface area contributed by atoms with Crippen LogP contribution in [0.1, 0.15) is 24.0 Å². The van der Waals surface area contributed by atoms with Crippen LogP contribution < -0.4 is 4.74 Å². The Morgan fingerprint density at radius 3 is 2.45 bits per heavy atom. The first-order chi connectivity index (χ1) is 18.5. The zero-order valence-corrected chi connectivity index (χ0v) is 22.4. The van der Waals surface area contributed by atoms with Gasteiger partial charge in [0, 0.05) is 36.2 Å². The molecule has 1 aromatic heterocycles. The lowest BCUT2D eigenvalue weighted by atomic mass is 10.1. The highest BCUT2D eigenvalue weighted by Crippen LogP contribution is 2.28. The average Bonchev–Trinajstić information content (AvgIpc) is 3.70. The molecule has 5 rings (SSSR count). The van der Waals surface area contributed by atoms with Gasteiger partial charge in [-0.15, -0.1) is 0 Å². The van der Waals surface area contributed by atoms with E-state index in [0.717, 1.165) is 34.9 Å². The zero-order valence-electron chi connectivity index (χ0n) is 20.9. The number of benzene rings is 3. The van der Waals surface area contributed by atoms with Gasteiger partial charge >= 0.3 is 0 Å². The van der Waals surface area contributed by atoms with Crippen molar-refractivity contribution >= 4 is 45.9 Å². The van der Waals surface area contributed by atoms with E-state index in [2.05, 4.69) is 11.1 Å². The van der Waals surface area contributed by atoms with Gasteiger partial charge in [0.2, 0.25) is 5.91 Å². The molecular weight excluding hydrogens is 521 g/mol. The molecule has 0 saturated heterocycles. The third-order valence-corrected chi connectivity index (χ3v) is 7.49. The van der Waals surface area contributed by atoms with Gasteiger partial charge in [-0.25, -0.2) is 0 Å². The van der Waals surface area contributed by atoms with Crippen LogP contribution in [0.15, 0.2) is 79.0 Å². The third-order valence-electron chi connectivity index (χ3n) is 6.76. The lowest BCUT2D eigenvalue weighted by molar-refractivity contribution is -0.142. The number of carbonyl (C=O) groups excluding carboxylic acids is 2. The Kier molecular flexibility index (Phi) is 8.20. The maximum atomic E-state index is 13.7. The summed E-state index contributed by atoms with van der Waals surface area (Å²) in [4.78, 5) is 33.5. The van der Waals surface area contributed by atoms with E-state index >= 15 is 0 Å². The van der Waals surface area contributed by atoms with E-state index in [0.29, 0.717) is 35.3 Å². The van der Waals surface area contributed by atoms with Crippen molar-refractivity contribution in [1.29, 1.82) is 0 Å². The second-order valence-electron chi connectivity index (χ2n) is 9.53. The summed E-state index contributed by atoms with van der Waals surface area (Å²) < 4.78 is 5.68. The molecule has 0 atom stereocenters. The van der Waals surface area contributed by atoms with Crippen LogP contribution in [0, 0.1) is 0 Å². The van der Waals surface area contributed by atoms with Crippen LogP contribution in [0.2, 0.25) is 10.0 Å². The molecule has 1 aliphatic carbocycles. The van der Waals surface area contributed by atoms with Gasteiger partial charge in [0.05, 0.1) is 10.0 Å². The Balaban J connectivity index is 1.30. The molecule has 1 aliphatic rings. The van der Waals surface area contributed by atoms with Crippen molar-refractivity contribution in [2.45, 2.75) is 31.8 Å². The highest BCUT2D eigenvalue weighted by atomic mass is 35.5. The summed E-state index contributed by atoms with van der Waals surface area (Å²) in [7, 11) is 0. The molecule has 6 nitrogen and oxygen atoms in total. The van der Waals surface area contributed by atoms with Gasteiger partial charge in [-0.2, -0.15) is 0 Å². The highest BCUT2D eigenvalue weighted by Gasteiger charge is 2.35. The van der Waals surface area contributed by atoms with E-state index in [9.17, 15) is 9.59 Å². The molecule has 0 unspecified atom stereocenters. The molecule has 8 heteroatoms. The monoisotopic (exact) mass is 549 g/mol. The number of H-pyrrole nitrogens is 1. The van der Waals surface area contributed by atoms with Crippen molar-refractivity contribution in [2.24, 2.45) is 0 Å². The van der Waals surface area contributed by atoms with Gasteiger partial charge in [0.1, 0.15) is 12.3 Å². The zero-order chi connectivity index (χ0) is 26.5. The summed E-state index contributed by atoms with van der Waals surface area (Å²) in [6, 6.07) is 22.8. The molecule has 0 spiro atoms. The second-order valence-corrected chi connectivity index (χ2v) is 10.3. The smallest absolute Gasteiger partial charge is 0.261 e. The number of rotatable bonds is 11. The van der Waals surface area contributed by atoms with Crippen molar-refractivity contribution in [3.63, 3.8) is 0 Å². The number of aromatic amines is 1. The predicted octanol–water partition coefficient (Wildman–Crippen LogP) is 6.12. The Labute approximate surface area is 232 Å². The fraction of sp³-hybridized carbons (Fsp3) is 0.267. The Morgan fingerprint density at radius 1 is 0.921 bits per heavy atom. The van der Waals surface area contributed by atoms with E-state index < -0.39 is 0 Å². The number of ether oxygens (including phenoxy) is 1. The average molecular weight is 550 g/mol. The molecule has 1 fully saturated rings. The molecular formula is C30H29Cl2N3O3. The minimum absolute atomic E-state index is 0.0108. The van der Waals surface area contributed by atoms with Gasteiger partial charge in [-0.3, -0.25) is 9.59 Å². The highest BCUT2D eigenvalue weighted by molar-refractivity contribution is 6.42. The first-order valence-corrected chi connectivity index (χ1v) is 13.5. The number of nitrogens with zero attached hydrogens (tertiary/aromatic N) is 2. The van der Waals surface area contributed by atoms with E-state index in [-0.39, 0.29) is 31.0 Å². The molecule has 2 amide bonds. The number of carbonyl (C=O) groups is 2. The Morgan fingerprint density at radius 2 is 1.68 bits per heavy atom. The molecule has 38 heavy (non-hydrogen) atoms. The van der Waals surface area contributed by atoms with Crippen LogP contribution in [0.5, 0.6) is 5.75 Å². The Bertz CT molecular complexity index is 1420. The molecule has 0 radical (unpaired) electrons. The number of aromatic nitrogens is 1. The van der Waals surface area contributed by atoms with Crippen LogP contribution in [-0.4, -0.2) is 52.3 Å². The SMILES string of the molecule is O=C(CN(C(=O)COc1ccccc1)C1CC1)N(CCc1c[nH]c2ccccc12)Cc1ccc(Cl)c(Cl)c1. The van der Waals surface area contributed by atoms with Crippen molar-refractivity contribution in [1.82, 2.24) is 14.8 Å². The predicted molar refractivity (Wildman–Crippen MR) is 151 cm³/mol. The summed E-state index contributed by atoms with van der Waals surface area (Å²) in [5.74, 6) is 0.328. The number of hydrogen-bond donors (Lipinski definition) is 1.